The van der Waals surface area contributed by atoms with E-state index < -0.39 is 0 Å². The molecule has 0 amide bonds. The molecule has 0 aliphatic heterocycles. The van der Waals surface area contributed by atoms with Crippen LogP contribution in [-0.2, 0) is 26.2 Å². The maximum absolute atomic E-state index is 2.31. The van der Waals surface area contributed by atoms with Crippen molar-refractivity contribution in [2.24, 2.45) is 10.8 Å². The molecule has 0 nitrogen and oxygen atoms in total. The van der Waals surface area contributed by atoms with Crippen LogP contribution in [0, 0.1) is 10.8 Å². The molecule has 0 aromatic carbocycles. The molecule has 0 bridgehead atoms. The summed E-state index contributed by atoms with van der Waals surface area (Å²) in [5.41, 5.74) is 3.78. The van der Waals surface area contributed by atoms with Crippen LogP contribution in [0.3, 0.4) is 0 Å². The van der Waals surface area contributed by atoms with Crippen molar-refractivity contribution in [2.45, 2.75) is 48.0 Å². The molecular weight excluding hydrogens is 247 g/mol. The molecule has 14 heavy (non-hydrogen) atoms. The Labute approximate surface area is 108 Å². The SMILES string of the molecule is CC(C)(C)C1=C(C(C)(C)C)CC=C1.[Zr]. The zero-order chi connectivity index (χ0) is 10.3. The third-order valence-corrected chi connectivity index (χ3v) is 2.64. The monoisotopic (exact) mass is 268 g/mol. The second-order valence-corrected chi connectivity index (χ2v) is 6.00. The predicted molar refractivity (Wildman–Crippen MR) is 59.7 cm³/mol. The Morgan fingerprint density at radius 2 is 1.43 bits per heavy atom. The fourth-order valence-electron chi connectivity index (χ4n) is 1.92. The summed E-state index contributed by atoms with van der Waals surface area (Å²) in [6, 6.07) is 0. The molecule has 1 heteroatoms. The van der Waals surface area contributed by atoms with Crippen molar-refractivity contribution in [3.63, 3.8) is 0 Å². The summed E-state index contributed by atoms with van der Waals surface area (Å²) >= 11 is 0. The van der Waals surface area contributed by atoms with Gasteiger partial charge in [0.05, 0.1) is 0 Å². The van der Waals surface area contributed by atoms with Gasteiger partial charge in [0.1, 0.15) is 0 Å². The molecule has 0 aromatic heterocycles. The van der Waals surface area contributed by atoms with Gasteiger partial charge in [-0.05, 0) is 22.8 Å². The minimum Gasteiger partial charge on any atom is -0.0801 e. The quantitative estimate of drug-likeness (QED) is 0.614. The van der Waals surface area contributed by atoms with Gasteiger partial charge >= 0.3 is 0 Å². The van der Waals surface area contributed by atoms with E-state index in [9.17, 15) is 0 Å². The van der Waals surface area contributed by atoms with E-state index in [-0.39, 0.29) is 26.2 Å². The maximum Gasteiger partial charge on any atom is 0 e. The molecule has 0 N–H and O–H groups in total. The van der Waals surface area contributed by atoms with Gasteiger partial charge in [0.2, 0.25) is 0 Å². The summed E-state index contributed by atoms with van der Waals surface area (Å²) in [4.78, 5) is 0. The van der Waals surface area contributed by atoms with Crippen LogP contribution in [0.5, 0.6) is 0 Å². The molecule has 1 aliphatic rings. The second kappa shape index (κ2) is 4.48. The first-order chi connectivity index (χ1) is 5.73. The molecule has 0 radical (unpaired) electrons. The van der Waals surface area contributed by atoms with Crippen molar-refractivity contribution in [2.75, 3.05) is 0 Å². The van der Waals surface area contributed by atoms with Gasteiger partial charge in [0.15, 0.2) is 0 Å². The van der Waals surface area contributed by atoms with Gasteiger partial charge in [0.25, 0.3) is 0 Å². The van der Waals surface area contributed by atoms with Crippen LogP contribution in [0.2, 0.25) is 0 Å². The van der Waals surface area contributed by atoms with Crippen LogP contribution in [0.15, 0.2) is 23.3 Å². The Balaban J connectivity index is 0.00000169. The number of allylic oxidation sites excluding steroid dienone is 4. The van der Waals surface area contributed by atoms with Crippen molar-refractivity contribution >= 4 is 0 Å². The zero-order valence-electron chi connectivity index (χ0n) is 10.4. The summed E-state index contributed by atoms with van der Waals surface area (Å²) in [7, 11) is 0. The normalized spacial score (nSPS) is 17.3. The zero-order valence-corrected chi connectivity index (χ0v) is 12.8. The Morgan fingerprint density at radius 1 is 0.929 bits per heavy atom. The van der Waals surface area contributed by atoms with E-state index in [1.54, 1.807) is 11.1 Å². The van der Waals surface area contributed by atoms with Crippen LogP contribution in [-0.4, -0.2) is 0 Å². The van der Waals surface area contributed by atoms with Crippen LogP contribution < -0.4 is 0 Å². The van der Waals surface area contributed by atoms with Crippen molar-refractivity contribution < 1.29 is 26.2 Å². The Morgan fingerprint density at radius 3 is 1.71 bits per heavy atom. The number of hydrogen-bond acceptors (Lipinski definition) is 0. The molecule has 1 aliphatic carbocycles. The van der Waals surface area contributed by atoms with Crippen molar-refractivity contribution in [3.05, 3.63) is 23.3 Å². The van der Waals surface area contributed by atoms with Crippen molar-refractivity contribution in [1.29, 1.82) is 0 Å². The number of rotatable bonds is 0. The molecule has 0 saturated heterocycles. The first-order valence-electron chi connectivity index (χ1n) is 5.13. The standard InChI is InChI=1S/C13H22.Zr/c1-12(2,3)10-8-7-9-11(10)13(4,5)6;/h7-8H,9H2,1-6H3;. The van der Waals surface area contributed by atoms with E-state index in [1.807, 2.05) is 0 Å². The van der Waals surface area contributed by atoms with Crippen molar-refractivity contribution in [3.8, 4) is 0 Å². The van der Waals surface area contributed by atoms with E-state index >= 15 is 0 Å². The van der Waals surface area contributed by atoms with Gasteiger partial charge in [-0.2, -0.15) is 0 Å². The molecule has 0 atom stereocenters. The number of hydrogen-bond donors (Lipinski definition) is 0. The summed E-state index contributed by atoms with van der Waals surface area (Å²) in [6.45, 7) is 13.8. The van der Waals surface area contributed by atoms with Gasteiger partial charge < -0.3 is 0 Å². The molecule has 0 heterocycles. The molecule has 1 rings (SSSR count). The van der Waals surface area contributed by atoms with E-state index in [2.05, 4.69) is 53.7 Å². The summed E-state index contributed by atoms with van der Waals surface area (Å²) in [6.07, 6.45) is 5.75. The average Bonchev–Trinajstić information content (AvgIpc) is 2.27. The third kappa shape index (κ3) is 3.19. The Kier molecular flexibility index (Phi) is 4.59. The van der Waals surface area contributed by atoms with Crippen molar-refractivity contribution in [1.82, 2.24) is 0 Å². The average molecular weight is 270 g/mol. The van der Waals surface area contributed by atoms with E-state index in [4.69, 9.17) is 0 Å². The van der Waals surface area contributed by atoms with E-state index in [0.29, 0.717) is 10.8 Å². The second-order valence-electron chi connectivity index (χ2n) is 6.00. The summed E-state index contributed by atoms with van der Waals surface area (Å²) < 4.78 is 0. The largest absolute Gasteiger partial charge is 0.0801 e. The van der Waals surface area contributed by atoms with E-state index in [1.165, 1.54) is 0 Å². The molecule has 0 unspecified atom stereocenters. The van der Waals surface area contributed by atoms with Gasteiger partial charge in [-0.15, -0.1) is 0 Å². The molecule has 78 valence electrons. The summed E-state index contributed by atoms with van der Waals surface area (Å²) in [5.74, 6) is 0. The third-order valence-electron chi connectivity index (χ3n) is 2.64. The molecule has 0 spiro atoms. The van der Waals surface area contributed by atoms with Crippen LogP contribution in [0.1, 0.15) is 48.0 Å². The van der Waals surface area contributed by atoms with Crippen LogP contribution in [0.4, 0.5) is 0 Å². The van der Waals surface area contributed by atoms with E-state index in [0.717, 1.165) is 6.42 Å². The van der Waals surface area contributed by atoms with Gasteiger partial charge in [-0.3, -0.25) is 0 Å². The molecule has 0 aromatic rings. The topological polar surface area (TPSA) is 0 Å². The first kappa shape index (κ1) is 14.4. The molecule has 0 saturated carbocycles. The predicted octanol–water partition coefficient (Wildman–Crippen LogP) is 4.33. The van der Waals surface area contributed by atoms with Gasteiger partial charge in [0, 0.05) is 26.2 Å². The fourth-order valence-corrected chi connectivity index (χ4v) is 1.92. The Bertz CT molecular complexity index is 256. The first-order valence-corrected chi connectivity index (χ1v) is 5.13. The molecular formula is C13H22Zr. The van der Waals surface area contributed by atoms with Crippen LogP contribution in [0.25, 0.3) is 0 Å². The van der Waals surface area contributed by atoms with Crippen LogP contribution >= 0.6 is 0 Å². The summed E-state index contributed by atoms with van der Waals surface area (Å²) in [5, 5.41) is 0. The Hall–Kier alpha value is 0.363. The fraction of sp³-hybridized carbons (Fsp3) is 0.692. The van der Waals surface area contributed by atoms with Gasteiger partial charge in [-0.1, -0.05) is 59.3 Å². The minimum atomic E-state index is 0. The maximum atomic E-state index is 2.31. The molecule has 0 fully saturated rings. The minimum absolute atomic E-state index is 0. The van der Waals surface area contributed by atoms with Gasteiger partial charge in [-0.25, -0.2) is 0 Å². The smallest absolute Gasteiger partial charge is 0 e.